The highest BCUT2D eigenvalue weighted by Gasteiger charge is 2.32. The van der Waals surface area contributed by atoms with Gasteiger partial charge in [0.05, 0.1) is 11.5 Å². The van der Waals surface area contributed by atoms with E-state index in [-0.39, 0.29) is 35.7 Å². The summed E-state index contributed by atoms with van der Waals surface area (Å²) in [6.45, 7) is 6.22. The summed E-state index contributed by atoms with van der Waals surface area (Å²) in [7, 11) is -3.63. The summed E-state index contributed by atoms with van der Waals surface area (Å²) in [5, 5.41) is 5.54. The van der Waals surface area contributed by atoms with E-state index >= 15 is 0 Å². The fourth-order valence-corrected chi connectivity index (χ4v) is 5.25. The first-order valence-corrected chi connectivity index (χ1v) is 12.1. The van der Waals surface area contributed by atoms with Crippen molar-refractivity contribution in [3.05, 3.63) is 48.0 Å². The number of ether oxygens (including phenoxy) is 1. The molecule has 9 heteroatoms. The molecule has 0 unspecified atom stereocenters. The molecule has 32 heavy (non-hydrogen) atoms. The van der Waals surface area contributed by atoms with Crippen LogP contribution in [0.3, 0.4) is 0 Å². The van der Waals surface area contributed by atoms with Crippen LogP contribution in [-0.2, 0) is 19.6 Å². The number of anilines is 2. The maximum atomic E-state index is 13.0. The number of piperidine rings is 1. The van der Waals surface area contributed by atoms with Gasteiger partial charge in [-0.05, 0) is 74.7 Å². The summed E-state index contributed by atoms with van der Waals surface area (Å²) >= 11 is 0. The number of carbonyl (C=O) groups is 2. The van der Waals surface area contributed by atoms with Crippen LogP contribution in [0.15, 0.2) is 47.4 Å². The van der Waals surface area contributed by atoms with Crippen molar-refractivity contribution in [2.24, 2.45) is 5.92 Å². The van der Waals surface area contributed by atoms with Crippen molar-refractivity contribution in [3.63, 3.8) is 0 Å². The van der Waals surface area contributed by atoms with E-state index in [1.807, 2.05) is 13.8 Å². The number of nitrogens with zero attached hydrogens (tertiary/aromatic N) is 1. The van der Waals surface area contributed by atoms with Crippen LogP contribution >= 0.6 is 0 Å². The minimum absolute atomic E-state index is 0.133. The Morgan fingerprint density at radius 3 is 2.16 bits per heavy atom. The smallest absolute Gasteiger partial charge is 0.243 e. The first-order valence-electron chi connectivity index (χ1n) is 10.6. The zero-order chi connectivity index (χ0) is 23.3. The summed E-state index contributed by atoms with van der Waals surface area (Å²) in [6, 6.07) is 11.7. The highest BCUT2D eigenvalue weighted by molar-refractivity contribution is 7.89. The number of amides is 2. The van der Waals surface area contributed by atoms with E-state index in [1.54, 1.807) is 42.5 Å². The van der Waals surface area contributed by atoms with Gasteiger partial charge in [0.15, 0.2) is 0 Å². The lowest BCUT2D eigenvalue weighted by molar-refractivity contribution is -0.121. The molecule has 0 radical (unpaired) electrons. The average Bonchev–Trinajstić information content (AvgIpc) is 2.76. The Morgan fingerprint density at radius 1 is 1.03 bits per heavy atom. The third-order valence-electron chi connectivity index (χ3n) is 5.38. The van der Waals surface area contributed by atoms with E-state index < -0.39 is 10.0 Å². The molecule has 0 aliphatic carbocycles. The third kappa shape index (κ3) is 5.66. The van der Waals surface area contributed by atoms with E-state index in [1.165, 1.54) is 11.2 Å². The Labute approximate surface area is 189 Å². The van der Waals surface area contributed by atoms with Crippen molar-refractivity contribution in [3.8, 4) is 5.75 Å². The van der Waals surface area contributed by atoms with Crippen molar-refractivity contribution in [1.29, 1.82) is 0 Å². The molecule has 0 aromatic heterocycles. The highest BCUT2D eigenvalue weighted by atomic mass is 32.2. The number of benzene rings is 2. The number of carbonyl (C=O) groups excluding carboxylic acids is 2. The number of sulfonamides is 1. The van der Waals surface area contributed by atoms with Crippen molar-refractivity contribution in [1.82, 2.24) is 4.31 Å². The van der Waals surface area contributed by atoms with E-state index in [9.17, 15) is 18.0 Å². The molecule has 1 saturated heterocycles. The molecular weight excluding hydrogens is 430 g/mol. The monoisotopic (exact) mass is 459 g/mol. The second kappa shape index (κ2) is 10.1. The minimum atomic E-state index is -3.63. The molecule has 0 spiro atoms. The summed E-state index contributed by atoms with van der Waals surface area (Å²) in [5.74, 6) is 0.112. The van der Waals surface area contributed by atoms with Crippen molar-refractivity contribution in [2.75, 3.05) is 30.3 Å². The van der Waals surface area contributed by atoms with Gasteiger partial charge in [-0.15, -0.1) is 0 Å². The quantitative estimate of drug-likeness (QED) is 0.660. The molecule has 0 saturated carbocycles. The zero-order valence-electron chi connectivity index (χ0n) is 18.6. The van der Waals surface area contributed by atoms with Gasteiger partial charge in [-0.1, -0.05) is 0 Å². The van der Waals surface area contributed by atoms with Gasteiger partial charge in [-0.3, -0.25) is 9.59 Å². The SMILES string of the molecule is CCOc1ccc(S(=O)(=O)N2CCC(C(=O)Nc3ccc(NC(C)=O)cc3)CC2)cc1C. The number of hydrogen-bond donors (Lipinski definition) is 2. The summed E-state index contributed by atoms with van der Waals surface area (Å²) in [4.78, 5) is 24.0. The van der Waals surface area contributed by atoms with Crippen LogP contribution in [0, 0.1) is 12.8 Å². The number of nitrogens with one attached hydrogen (secondary N) is 2. The molecule has 1 aliphatic rings. The van der Waals surface area contributed by atoms with Crippen LogP contribution in [0.25, 0.3) is 0 Å². The summed E-state index contributed by atoms with van der Waals surface area (Å²) in [6.07, 6.45) is 0.899. The molecule has 2 aromatic carbocycles. The van der Waals surface area contributed by atoms with Gasteiger partial charge in [-0.25, -0.2) is 8.42 Å². The van der Waals surface area contributed by atoms with E-state index in [0.29, 0.717) is 36.6 Å². The molecule has 172 valence electrons. The zero-order valence-corrected chi connectivity index (χ0v) is 19.4. The molecular formula is C23H29N3O5S. The first kappa shape index (κ1) is 23.7. The van der Waals surface area contributed by atoms with Gasteiger partial charge in [0.2, 0.25) is 21.8 Å². The molecule has 8 nitrogen and oxygen atoms in total. The second-order valence-electron chi connectivity index (χ2n) is 7.79. The predicted octanol–water partition coefficient (Wildman–Crippen LogP) is 3.39. The number of aryl methyl sites for hydroxylation is 1. The van der Waals surface area contributed by atoms with Crippen LogP contribution in [0.2, 0.25) is 0 Å². The van der Waals surface area contributed by atoms with Crippen LogP contribution < -0.4 is 15.4 Å². The molecule has 1 aliphatic heterocycles. The minimum Gasteiger partial charge on any atom is -0.494 e. The standard InChI is InChI=1S/C23H29N3O5S/c1-4-31-22-10-9-21(15-16(22)2)32(29,30)26-13-11-18(12-14-26)23(28)25-20-7-5-19(6-8-20)24-17(3)27/h5-10,15,18H,4,11-14H2,1-3H3,(H,24,27)(H,25,28). The Kier molecular flexibility index (Phi) is 7.52. The summed E-state index contributed by atoms with van der Waals surface area (Å²) in [5.41, 5.74) is 2.05. The lowest BCUT2D eigenvalue weighted by atomic mass is 9.97. The molecule has 2 N–H and O–H groups in total. The molecule has 0 bridgehead atoms. The fourth-order valence-electron chi connectivity index (χ4n) is 3.69. The van der Waals surface area contributed by atoms with Gasteiger partial charge in [-0.2, -0.15) is 4.31 Å². The van der Waals surface area contributed by atoms with Crippen LogP contribution in [0.5, 0.6) is 5.75 Å². The Morgan fingerprint density at radius 2 is 1.62 bits per heavy atom. The van der Waals surface area contributed by atoms with Crippen LogP contribution in [0.1, 0.15) is 32.3 Å². The lowest BCUT2D eigenvalue weighted by Gasteiger charge is -2.30. The third-order valence-corrected chi connectivity index (χ3v) is 7.28. The highest BCUT2D eigenvalue weighted by Crippen LogP contribution is 2.28. The molecule has 2 aromatic rings. The van der Waals surface area contributed by atoms with Crippen molar-refractivity contribution < 1.29 is 22.7 Å². The van der Waals surface area contributed by atoms with Gasteiger partial charge in [0.25, 0.3) is 0 Å². The molecule has 2 amide bonds. The van der Waals surface area contributed by atoms with Gasteiger partial charge in [0, 0.05) is 37.3 Å². The summed E-state index contributed by atoms with van der Waals surface area (Å²) < 4.78 is 33.0. The van der Waals surface area contributed by atoms with Crippen molar-refractivity contribution in [2.45, 2.75) is 38.5 Å². The van der Waals surface area contributed by atoms with Crippen LogP contribution in [0.4, 0.5) is 11.4 Å². The number of hydrogen-bond acceptors (Lipinski definition) is 5. The van der Waals surface area contributed by atoms with Gasteiger partial charge < -0.3 is 15.4 Å². The maximum Gasteiger partial charge on any atom is 0.243 e. The largest absolute Gasteiger partial charge is 0.494 e. The van der Waals surface area contributed by atoms with E-state index in [2.05, 4.69) is 10.6 Å². The Hall–Kier alpha value is -2.91. The fraction of sp³-hybridized carbons (Fsp3) is 0.391. The topological polar surface area (TPSA) is 105 Å². The first-order chi connectivity index (χ1) is 15.2. The second-order valence-corrected chi connectivity index (χ2v) is 9.72. The lowest BCUT2D eigenvalue weighted by Crippen LogP contribution is -2.41. The average molecular weight is 460 g/mol. The van der Waals surface area contributed by atoms with E-state index in [0.717, 1.165) is 5.56 Å². The van der Waals surface area contributed by atoms with E-state index in [4.69, 9.17) is 4.74 Å². The normalized spacial score (nSPS) is 15.2. The Bertz CT molecular complexity index is 1080. The molecule has 3 rings (SSSR count). The van der Waals surface area contributed by atoms with Gasteiger partial charge >= 0.3 is 0 Å². The Balaban J connectivity index is 1.58. The van der Waals surface area contributed by atoms with Crippen molar-refractivity contribution >= 4 is 33.2 Å². The van der Waals surface area contributed by atoms with Gasteiger partial charge in [0.1, 0.15) is 5.75 Å². The number of rotatable bonds is 7. The molecule has 1 fully saturated rings. The van der Waals surface area contributed by atoms with Crippen LogP contribution in [-0.4, -0.2) is 44.2 Å². The molecule has 0 atom stereocenters. The maximum absolute atomic E-state index is 13.0. The molecule has 1 heterocycles. The predicted molar refractivity (Wildman–Crippen MR) is 123 cm³/mol.